The van der Waals surface area contributed by atoms with E-state index in [1.807, 2.05) is 13.1 Å². The zero-order valence-corrected chi connectivity index (χ0v) is 15.6. The molecule has 1 aromatic carbocycles. The molecule has 0 aliphatic carbocycles. The van der Waals surface area contributed by atoms with E-state index in [4.69, 9.17) is 14.5 Å². The van der Waals surface area contributed by atoms with E-state index in [2.05, 4.69) is 15.3 Å². The number of amides is 1. The highest BCUT2D eigenvalue weighted by Gasteiger charge is 2.21. The molecule has 2 aromatic heterocycles. The Morgan fingerprint density at radius 2 is 1.89 bits per heavy atom. The summed E-state index contributed by atoms with van der Waals surface area (Å²) in [6.45, 7) is 4.94. The highest BCUT2D eigenvalue weighted by atomic mass is 16.6. The van der Waals surface area contributed by atoms with Crippen LogP contribution in [-0.4, -0.2) is 46.8 Å². The average molecular weight is 379 g/mol. The number of aryl methyl sites for hydroxylation is 1. The van der Waals surface area contributed by atoms with E-state index in [9.17, 15) is 4.79 Å². The van der Waals surface area contributed by atoms with Crippen LogP contribution in [0.3, 0.4) is 0 Å². The predicted octanol–water partition coefficient (Wildman–Crippen LogP) is 2.66. The molecule has 4 heterocycles. The molecule has 1 saturated heterocycles. The molecule has 144 valence electrons. The number of fused-ring (bicyclic) bond motifs is 2. The second kappa shape index (κ2) is 6.70. The van der Waals surface area contributed by atoms with Gasteiger partial charge in [-0.05, 0) is 31.9 Å². The van der Waals surface area contributed by atoms with Gasteiger partial charge in [-0.15, -0.1) is 0 Å². The van der Waals surface area contributed by atoms with Gasteiger partial charge in [0.15, 0.2) is 23.0 Å². The quantitative estimate of drug-likeness (QED) is 0.754. The number of hydrogen-bond acceptors (Lipinski definition) is 6. The lowest BCUT2D eigenvalue weighted by Crippen LogP contribution is -2.20. The van der Waals surface area contributed by atoms with Crippen LogP contribution in [0.2, 0.25) is 0 Å². The van der Waals surface area contributed by atoms with Crippen molar-refractivity contribution in [3.8, 4) is 11.5 Å². The minimum Gasteiger partial charge on any atom is -0.486 e. The fourth-order valence-corrected chi connectivity index (χ4v) is 3.68. The molecule has 3 aromatic rings. The fourth-order valence-electron chi connectivity index (χ4n) is 3.68. The molecule has 5 rings (SSSR count). The van der Waals surface area contributed by atoms with Gasteiger partial charge in [-0.3, -0.25) is 4.79 Å². The molecule has 0 radical (unpaired) electrons. The molecular weight excluding hydrogens is 358 g/mol. The fraction of sp³-hybridized carbons (Fsp3) is 0.350. The van der Waals surface area contributed by atoms with E-state index >= 15 is 0 Å². The number of carbonyl (C=O) groups is 1. The van der Waals surface area contributed by atoms with Crippen molar-refractivity contribution in [2.75, 3.05) is 36.5 Å². The van der Waals surface area contributed by atoms with Crippen molar-refractivity contribution in [3.63, 3.8) is 0 Å². The van der Waals surface area contributed by atoms with Crippen LogP contribution >= 0.6 is 0 Å². The highest BCUT2D eigenvalue weighted by Crippen LogP contribution is 2.33. The Kier molecular flexibility index (Phi) is 4.03. The van der Waals surface area contributed by atoms with Gasteiger partial charge in [0.25, 0.3) is 5.91 Å². The second-order valence-electron chi connectivity index (χ2n) is 7.07. The van der Waals surface area contributed by atoms with Gasteiger partial charge < -0.3 is 19.7 Å². The Bertz CT molecular complexity index is 1060. The van der Waals surface area contributed by atoms with E-state index in [0.29, 0.717) is 36.1 Å². The number of ether oxygens (including phenoxy) is 2. The first-order valence-electron chi connectivity index (χ1n) is 9.50. The summed E-state index contributed by atoms with van der Waals surface area (Å²) >= 11 is 0. The van der Waals surface area contributed by atoms with Crippen LogP contribution in [0.15, 0.2) is 30.5 Å². The van der Waals surface area contributed by atoms with Crippen molar-refractivity contribution in [1.82, 2.24) is 14.6 Å². The zero-order chi connectivity index (χ0) is 19.1. The molecule has 0 atom stereocenters. The standard InChI is InChI=1S/C20H21N5O3/c1-13-12-25-16(19(21-13)24-6-2-3-7-24)11-15(23-25)20(26)22-14-4-5-17-18(10-14)28-9-8-27-17/h4-5,10-12H,2-3,6-9H2,1H3,(H,22,26). The van der Waals surface area contributed by atoms with Crippen molar-refractivity contribution in [3.05, 3.63) is 41.9 Å². The Hall–Kier alpha value is -3.29. The third-order valence-electron chi connectivity index (χ3n) is 4.99. The Labute approximate surface area is 162 Å². The normalized spacial score (nSPS) is 15.8. The third-order valence-corrected chi connectivity index (χ3v) is 4.99. The molecule has 2 aliphatic heterocycles. The summed E-state index contributed by atoms with van der Waals surface area (Å²) in [6, 6.07) is 7.16. The molecule has 8 heteroatoms. The molecule has 0 unspecified atom stereocenters. The van der Waals surface area contributed by atoms with Crippen molar-refractivity contribution in [2.45, 2.75) is 19.8 Å². The van der Waals surface area contributed by atoms with Gasteiger partial charge >= 0.3 is 0 Å². The minimum atomic E-state index is -0.273. The second-order valence-corrected chi connectivity index (χ2v) is 7.07. The Morgan fingerprint density at radius 1 is 1.11 bits per heavy atom. The zero-order valence-electron chi connectivity index (χ0n) is 15.6. The topological polar surface area (TPSA) is 81.0 Å². The maximum atomic E-state index is 12.8. The van der Waals surface area contributed by atoms with Crippen LogP contribution < -0.4 is 19.7 Å². The van der Waals surface area contributed by atoms with Crippen LogP contribution in [-0.2, 0) is 0 Å². The van der Waals surface area contributed by atoms with Crippen molar-refractivity contribution >= 4 is 22.9 Å². The molecule has 28 heavy (non-hydrogen) atoms. The van der Waals surface area contributed by atoms with E-state index in [1.54, 1.807) is 28.8 Å². The molecule has 1 N–H and O–H groups in total. The van der Waals surface area contributed by atoms with E-state index < -0.39 is 0 Å². The van der Waals surface area contributed by atoms with E-state index in [0.717, 1.165) is 43.0 Å². The SMILES string of the molecule is Cc1cn2nc(C(=O)Nc3ccc4c(c3)OCCO4)cc2c(N2CCCC2)n1. The first kappa shape index (κ1) is 16.9. The summed E-state index contributed by atoms with van der Waals surface area (Å²) < 4.78 is 12.8. The monoisotopic (exact) mass is 379 g/mol. The van der Waals surface area contributed by atoms with Crippen LogP contribution in [0.4, 0.5) is 11.5 Å². The summed E-state index contributed by atoms with van der Waals surface area (Å²) in [5.41, 5.74) is 2.71. The van der Waals surface area contributed by atoms with Gasteiger partial charge in [-0.2, -0.15) is 5.10 Å². The first-order valence-corrected chi connectivity index (χ1v) is 9.50. The Morgan fingerprint density at radius 3 is 2.71 bits per heavy atom. The summed E-state index contributed by atoms with van der Waals surface area (Å²) in [6.07, 6.45) is 4.16. The lowest BCUT2D eigenvalue weighted by molar-refractivity contribution is 0.102. The summed E-state index contributed by atoms with van der Waals surface area (Å²) in [5, 5.41) is 7.36. The maximum absolute atomic E-state index is 12.8. The van der Waals surface area contributed by atoms with Crippen LogP contribution in [0.1, 0.15) is 29.0 Å². The van der Waals surface area contributed by atoms with Gasteiger partial charge in [0, 0.05) is 30.9 Å². The minimum absolute atomic E-state index is 0.273. The number of rotatable bonds is 3. The predicted molar refractivity (Wildman–Crippen MR) is 105 cm³/mol. The number of nitrogens with zero attached hydrogens (tertiary/aromatic N) is 4. The smallest absolute Gasteiger partial charge is 0.276 e. The van der Waals surface area contributed by atoms with Crippen molar-refractivity contribution < 1.29 is 14.3 Å². The number of hydrogen-bond donors (Lipinski definition) is 1. The van der Waals surface area contributed by atoms with Crippen molar-refractivity contribution in [1.29, 1.82) is 0 Å². The lowest BCUT2D eigenvalue weighted by Gasteiger charge is -2.18. The number of carbonyl (C=O) groups excluding carboxylic acids is 1. The van der Waals surface area contributed by atoms with Crippen molar-refractivity contribution in [2.24, 2.45) is 0 Å². The van der Waals surface area contributed by atoms with Crippen LogP contribution in [0.25, 0.3) is 5.52 Å². The summed E-state index contributed by atoms with van der Waals surface area (Å²) in [5.74, 6) is 1.94. The number of anilines is 2. The van der Waals surface area contributed by atoms with Gasteiger partial charge in [0.2, 0.25) is 0 Å². The molecule has 2 aliphatic rings. The summed E-state index contributed by atoms with van der Waals surface area (Å²) in [7, 11) is 0. The lowest BCUT2D eigenvalue weighted by atomic mass is 10.2. The average Bonchev–Trinajstić information content (AvgIpc) is 3.37. The molecule has 1 amide bonds. The van der Waals surface area contributed by atoms with Gasteiger partial charge in [-0.1, -0.05) is 0 Å². The Balaban J connectivity index is 1.44. The van der Waals surface area contributed by atoms with Gasteiger partial charge in [0.05, 0.1) is 11.9 Å². The van der Waals surface area contributed by atoms with Gasteiger partial charge in [0.1, 0.15) is 18.7 Å². The summed E-state index contributed by atoms with van der Waals surface area (Å²) in [4.78, 5) is 19.7. The number of nitrogens with one attached hydrogen (secondary N) is 1. The number of benzene rings is 1. The molecular formula is C20H21N5O3. The van der Waals surface area contributed by atoms with Crippen LogP contribution in [0.5, 0.6) is 11.5 Å². The first-order chi connectivity index (χ1) is 13.7. The molecule has 0 bridgehead atoms. The third kappa shape index (κ3) is 3.00. The molecule has 0 spiro atoms. The van der Waals surface area contributed by atoms with E-state index in [-0.39, 0.29) is 5.91 Å². The van der Waals surface area contributed by atoms with E-state index in [1.165, 1.54) is 0 Å². The van der Waals surface area contributed by atoms with Crippen LogP contribution in [0, 0.1) is 6.92 Å². The maximum Gasteiger partial charge on any atom is 0.276 e. The van der Waals surface area contributed by atoms with Gasteiger partial charge in [-0.25, -0.2) is 9.50 Å². The molecule has 0 saturated carbocycles. The molecule has 1 fully saturated rings. The number of aromatic nitrogens is 3. The molecule has 8 nitrogen and oxygen atoms in total. The highest BCUT2D eigenvalue weighted by molar-refractivity contribution is 6.04. The largest absolute Gasteiger partial charge is 0.486 e.